The van der Waals surface area contributed by atoms with Crippen molar-refractivity contribution in [2.45, 2.75) is 72.0 Å². The molecule has 42 heavy (non-hydrogen) atoms. The molecular formula is C33H42BrN3O4S. The van der Waals surface area contributed by atoms with Crippen molar-refractivity contribution in [1.82, 2.24) is 10.2 Å². The van der Waals surface area contributed by atoms with Crippen molar-refractivity contribution in [2.75, 3.05) is 17.1 Å². The van der Waals surface area contributed by atoms with Crippen molar-refractivity contribution in [3.63, 3.8) is 0 Å². The van der Waals surface area contributed by atoms with Crippen LogP contribution in [0.2, 0.25) is 0 Å². The molecule has 0 bridgehead atoms. The maximum absolute atomic E-state index is 14.0. The van der Waals surface area contributed by atoms with Gasteiger partial charge in [0.1, 0.15) is 6.04 Å². The number of sulfonamides is 1. The predicted octanol–water partition coefficient (Wildman–Crippen LogP) is 6.17. The summed E-state index contributed by atoms with van der Waals surface area (Å²) in [5.41, 5.74) is 4.35. The van der Waals surface area contributed by atoms with E-state index in [1.165, 1.54) is 10.6 Å². The zero-order valence-electron chi connectivity index (χ0n) is 25.1. The van der Waals surface area contributed by atoms with Gasteiger partial charge in [-0.3, -0.25) is 13.9 Å². The molecule has 0 heterocycles. The lowest BCUT2D eigenvalue weighted by molar-refractivity contribution is -0.141. The summed E-state index contributed by atoms with van der Waals surface area (Å²) in [6.07, 6.45) is 2.71. The van der Waals surface area contributed by atoms with Crippen LogP contribution < -0.4 is 9.62 Å². The predicted molar refractivity (Wildman–Crippen MR) is 174 cm³/mol. The van der Waals surface area contributed by atoms with E-state index < -0.39 is 16.1 Å². The highest BCUT2D eigenvalue weighted by atomic mass is 79.9. The van der Waals surface area contributed by atoms with Gasteiger partial charge in [0.25, 0.3) is 0 Å². The second-order valence-electron chi connectivity index (χ2n) is 11.0. The van der Waals surface area contributed by atoms with Crippen LogP contribution >= 0.6 is 15.9 Å². The van der Waals surface area contributed by atoms with Crippen LogP contribution in [0, 0.1) is 13.8 Å². The van der Waals surface area contributed by atoms with Gasteiger partial charge in [0.05, 0.1) is 11.9 Å². The number of anilines is 1. The van der Waals surface area contributed by atoms with Gasteiger partial charge in [-0.15, -0.1) is 0 Å². The first-order valence-electron chi connectivity index (χ1n) is 14.3. The molecule has 7 nitrogen and oxygen atoms in total. The van der Waals surface area contributed by atoms with Crippen molar-refractivity contribution < 1.29 is 18.0 Å². The fraction of sp³-hybridized carbons (Fsp3) is 0.394. The van der Waals surface area contributed by atoms with Crippen LogP contribution in [-0.4, -0.2) is 50.0 Å². The first kappa shape index (κ1) is 33.3. The number of nitrogens with zero attached hydrogens (tertiary/aromatic N) is 2. The van der Waals surface area contributed by atoms with Gasteiger partial charge >= 0.3 is 0 Å². The van der Waals surface area contributed by atoms with E-state index in [1.54, 1.807) is 4.90 Å². The summed E-state index contributed by atoms with van der Waals surface area (Å²) in [7, 11) is -3.57. The highest BCUT2D eigenvalue weighted by Gasteiger charge is 2.31. The molecule has 0 saturated carbocycles. The topological polar surface area (TPSA) is 86.8 Å². The number of nitrogens with one attached hydrogen (secondary N) is 1. The summed E-state index contributed by atoms with van der Waals surface area (Å²) >= 11 is 3.51. The van der Waals surface area contributed by atoms with Gasteiger partial charge in [-0.2, -0.15) is 0 Å². The molecule has 9 heteroatoms. The van der Waals surface area contributed by atoms with Gasteiger partial charge < -0.3 is 10.2 Å². The second kappa shape index (κ2) is 15.3. The van der Waals surface area contributed by atoms with Crippen molar-refractivity contribution >= 4 is 43.5 Å². The number of amides is 2. The van der Waals surface area contributed by atoms with E-state index in [0.717, 1.165) is 33.1 Å². The number of carbonyl (C=O) groups excluding carboxylic acids is 2. The van der Waals surface area contributed by atoms with Gasteiger partial charge in [0.2, 0.25) is 21.8 Å². The normalized spacial score (nSPS) is 12.8. The first-order chi connectivity index (χ1) is 19.9. The first-order valence-corrected chi connectivity index (χ1v) is 17.0. The third-order valence-corrected chi connectivity index (χ3v) is 8.85. The molecule has 3 aromatic rings. The quantitative estimate of drug-likeness (QED) is 0.225. The number of halogens is 1. The number of aryl methyl sites for hydroxylation is 2. The Hall–Kier alpha value is -3.17. The van der Waals surface area contributed by atoms with E-state index in [9.17, 15) is 18.0 Å². The lowest BCUT2D eigenvalue weighted by atomic mass is 10.0. The third-order valence-electron chi connectivity index (χ3n) is 7.16. The smallest absolute Gasteiger partial charge is 0.243 e. The largest absolute Gasteiger partial charge is 0.352 e. The molecule has 0 aliphatic heterocycles. The fourth-order valence-electron chi connectivity index (χ4n) is 4.93. The molecule has 0 aliphatic rings. The Bertz CT molecular complexity index is 1440. The van der Waals surface area contributed by atoms with Crippen molar-refractivity contribution in [3.05, 3.63) is 99.5 Å². The molecular weight excluding hydrogens is 614 g/mol. The SMILES string of the molecule is CC[C@H](C)NC(=O)[C@H](Cc1ccccc1)N(Cc1cccc(Br)c1)C(=O)CCCN(c1cc(C)cc(C)c1)S(C)(=O)=O. The summed E-state index contributed by atoms with van der Waals surface area (Å²) in [4.78, 5) is 29.3. The van der Waals surface area contributed by atoms with E-state index in [-0.39, 0.29) is 37.4 Å². The number of hydrogen-bond acceptors (Lipinski definition) is 4. The highest BCUT2D eigenvalue weighted by Crippen LogP contribution is 2.23. The van der Waals surface area contributed by atoms with E-state index in [4.69, 9.17) is 0 Å². The average Bonchev–Trinajstić information content (AvgIpc) is 2.92. The molecule has 226 valence electrons. The molecule has 0 aliphatic carbocycles. The molecule has 0 fully saturated rings. The Morgan fingerprint density at radius 2 is 1.57 bits per heavy atom. The molecule has 0 aromatic heterocycles. The summed E-state index contributed by atoms with van der Waals surface area (Å²) in [5, 5.41) is 3.08. The van der Waals surface area contributed by atoms with Gasteiger partial charge in [-0.1, -0.05) is 71.4 Å². The summed E-state index contributed by atoms with van der Waals surface area (Å²) < 4.78 is 27.7. The van der Waals surface area contributed by atoms with Crippen LogP contribution in [0.3, 0.4) is 0 Å². The third kappa shape index (κ3) is 9.98. The van der Waals surface area contributed by atoms with Gasteiger partial charge in [0.15, 0.2) is 0 Å². The van der Waals surface area contributed by atoms with Crippen LogP contribution in [0.15, 0.2) is 77.3 Å². The van der Waals surface area contributed by atoms with E-state index in [2.05, 4.69) is 21.2 Å². The minimum Gasteiger partial charge on any atom is -0.352 e. The van der Waals surface area contributed by atoms with Crippen LogP contribution in [0.5, 0.6) is 0 Å². The lowest BCUT2D eigenvalue weighted by Crippen LogP contribution is -2.52. The maximum atomic E-state index is 14.0. The number of carbonyl (C=O) groups is 2. The molecule has 3 aromatic carbocycles. The minimum atomic E-state index is -3.57. The summed E-state index contributed by atoms with van der Waals surface area (Å²) in [6, 6.07) is 22.3. The Morgan fingerprint density at radius 1 is 0.929 bits per heavy atom. The fourth-order valence-corrected chi connectivity index (χ4v) is 6.32. The Morgan fingerprint density at radius 3 is 2.17 bits per heavy atom. The van der Waals surface area contributed by atoms with E-state index in [0.29, 0.717) is 18.5 Å². The van der Waals surface area contributed by atoms with Gasteiger partial charge in [-0.05, 0) is 80.1 Å². The van der Waals surface area contributed by atoms with Gasteiger partial charge in [-0.25, -0.2) is 8.42 Å². The zero-order valence-corrected chi connectivity index (χ0v) is 27.5. The molecule has 0 unspecified atom stereocenters. The number of benzene rings is 3. The van der Waals surface area contributed by atoms with Crippen LogP contribution in [0.4, 0.5) is 5.69 Å². The summed E-state index contributed by atoms with van der Waals surface area (Å²) in [5.74, 6) is -0.409. The Labute approximate surface area is 259 Å². The lowest BCUT2D eigenvalue weighted by Gasteiger charge is -2.33. The van der Waals surface area contributed by atoms with E-state index >= 15 is 0 Å². The van der Waals surface area contributed by atoms with Crippen molar-refractivity contribution in [2.24, 2.45) is 0 Å². The highest BCUT2D eigenvalue weighted by molar-refractivity contribution is 9.10. The number of hydrogen-bond donors (Lipinski definition) is 1. The standard InChI is InChI=1S/C33H42BrN3O4S/c1-6-26(4)35-33(39)31(22-27-12-8-7-9-13-27)36(23-28-14-10-15-29(34)21-28)32(38)16-11-17-37(42(5,40)41)30-19-24(2)18-25(3)20-30/h7-10,12-15,18-21,26,31H,6,11,16-17,22-23H2,1-5H3,(H,35,39)/t26-,31-/m0/s1. The maximum Gasteiger partial charge on any atom is 0.243 e. The average molecular weight is 657 g/mol. The molecule has 0 spiro atoms. The van der Waals surface area contributed by atoms with Crippen LogP contribution in [-0.2, 0) is 32.6 Å². The van der Waals surface area contributed by atoms with Crippen LogP contribution in [0.1, 0.15) is 55.4 Å². The molecule has 1 N–H and O–H groups in total. The second-order valence-corrected chi connectivity index (χ2v) is 13.8. The Kier molecular flexibility index (Phi) is 12.2. The molecule has 2 atom stereocenters. The zero-order chi connectivity index (χ0) is 30.9. The minimum absolute atomic E-state index is 0.0419. The van der Waals surface area contributed by atoms with E-state index in [1.807, 2.05) is 100 Å². The molecule has 0 saturated heterocycles. The monoisotopic (exact) mass is 655 g/mol. The number of rotatable bonds is 14. The van der Waals surface area contributed by atoms with Gasteiger partial charge in [0, 0.05) is 36.4 Å². The van der Waals surface area contributed by atoms with Crippen molar-refractivity contribution in [1.29, 1.82) is 0 Å². The summed E-state index contributed by atoms with van der Waals surface area (Å²) in [6.45, 7) is 8.21. The molecule has 0 radical (unpaired) electrons. The van der Waals surface area contributed by atoms with Crippen LogP contribution in [0.25, 0.3) is 0 Å². The Balaban J connectivity index is 1.90. The molecule has 3 rings (SSSR count). The molecule has 2 amide bonds. The van der Waals surface area contributed by atoms with Crippen molar-refractivity contribution in [3.8, 4) is 0 Å².